The Morgan fingerprint density at radius 2 is 1.80 bits per heavy atom. The number of likely N-dealkylation sites (N-methyl/N-ethyl adjacent to an activating group) is 1. The van der Waals surface area contributed by atoms with E-state index in [0.717, 1.165) is 60.4 Å². The second-order valence-electron chi connectivity index (χ2n) is 6.51. The number of rotatable bonds is 4. The van der Waals surface area contributed by atoms with Gasteiger partial charge in [0.2, 0.25) is 5.89 Å². The van der Waals surface area contributed by atoms with Gasteiger partial charge in [-0.15, -0.1) is 0 Å². The van der Waals surface area contributed by atoms with Crippen molar-refractivity contribution in [2.75, 3.05) is 32.7 Å². The minimum Gasteiger partial charge on any atom is -0.436 e. The number of hydrogen-bond donors (Lipinski definition) is 0. The van der Waals surface area contributed by atoms with Gasteiger partial charge < -0.3 is 9.32 Å². The average molecular weight is 400 g/mol. The quantitative estimate of drug-likeness (QED) is 0.650. The molecule has 1 fully saturated rings. The van der Waals surface area contributed by atoms with E-state index in [4.69, 9.17) is 9.40 Å². The molecule has 25 heavy (non-hydrogen) atoms. The van der Waals surface area contributed by atoms with Crippen molar-refractivity contribution in [2.45, 2.75) is 13.5 Å². The molecule has 0 atom stereocenters. The highest BCUT2D eigenvalue weighted by Crippen LogP contribution is 2.30. The summed E-state index contributed by atoms with van der Waals surface area (Å²) in [4.78, 5) is 9.72. The number of halogens is 1. The van der Waals surface area contributed by atoms with Crippen molar-refractivity contribution in [2.24, 2.45) is 0 Å². The van der Waals surface area contributed by atoms with E-state index in [2.05, 4.69) is 44.8 Å². The highest BCUT2D eigenvalue weighted by atomic mass is 79.9. The summed E-state index contributed by atoms with van der Waals surface area (Å²) in [5, 5.41) is 0. The lowest BCUT2D eigenvalue weighted by atomic mass is 10.2. The summed E-state index contributed by atoms with van der Waals surface area (Å²) in [7, 11) is 0. The van der Waals surface area contributed by atoms with Gasteiger partial charge in [-0.25, -0.2) is 4.98 Å². The Bertz CT molecular complexity index is 868. The van der Waals surface area contributed by atoms with Gasteiger partial charge in [0, 0.05) is 37.2 Å². The minimum atomic E-state index is 0.663. The van der Waals surface area contributed by atoms with E-state index in [1.54, 1.807) is 0 Å². The largest absolute Gasteiger partial charge is 0.436 e. The van der Waals surface area contributed by atoms with E-state index in [1.807, 2.05) is 30.3 Å². The van der Waals surface area contributed by atoms with Crippen LogP contribution in [-0.2, 0) is 6.54 Å². The van der Waals surface area contributed by atoms with Crippen LogP contribution in [0.4, 0.5) is 0 Å². The molecule has 1 aliphatic heterocycles. The van der Waals surface area contributed by atoms with E-state index in [9.17, 15) is 0 Å². The highest BCUT2D eigenvalue weighted by Gasteiger charge is 2.16. The molecule has 0 aliphatic carbocycles. The van der Waals surface area contributed by atoms with E-state index >= 15 is 0 Å². The van der Waals surface area contributed by atoms with Crippen molar-refractivity contribution in [1.82, 2.24) is 14.8 Å². The molecule has 5 heteroatoms. The molecule has 2 heterocycles. The molecule has 0 unspecified atom stereocenters. The van der Waals surface area contributed by atoms with Crippen LogP contribution in [0.15, 0.2) is 51.4 Å². The van der Waals surface area contributed by atoms with Crippen molar-refractivity contribution >= 4 is 27.0 Å². The molecule has 0 saturated carbocycles. The predicted octanol–water partition coefficient (Wildman–Crippen LogP) is 4.39. The molecule has 0 bridgehead atoms. The fourth-order valence-corrected chi connectivity index (χ4v) is 3.80. The van der Waals surface area contributed by atoms with E-state index in [0.29, 0.717) is 5.89 Å². The SMILES string of the molecule is CCN1CCN(Cc2ccc3oc(-c4ccccc4Br)nc3c2)CC1. The third-order valence-corrected chi connectivity index (χ3v) is 5.57. The van der Waals surface area contributed by atoms with Crippen molar-refractivity contribution < 1.29 is 4.42 Å². The number of aromatic nitrogens is 1. The Kier molecular flexibility index (Phi) is 4.88. The summed E-state index contributed by atoms with van der Waals surface area (Å²) < 4.78 is 6.94. The van der Waals surface area contributed by atoms with Crippen LogP contribution in [0.25, 0.3) is 22.6 Å². The molecular formula is C20H22BrN3O. The van der Waals surface area contributed by atoms with Crippen molar-refractivity contribution in [3.8, 4) is 11.5 Å². The van der Waals surface area contributed by atoms with Gasteiger partial charge in [0.15, 0.2) is 5.58 Å². The van der Waals surface area contributed by atoms with Gasteiger partial charge in [-0.3, -0.25) is 4.90 Å². The van der Waals surface area contributed by atoms with Crippen LogP contribution < -0.4 is 0 Å². The van der Waals surface area contributed by atoms with Gasteiger partial charge in [0.05, 0.1) is 5.56 Å². The van der Waals surface area contributed by atoms with Gasteiger partial charge in [-0.05, 0) is 52.3 Å². The Labute approximate surface area is 156 Å². The third kappa shape index (κ3) is 3.64. The van der Waals surface area contributed by atoms with Crippen LogP contribution in [0.5, 0.6) is 0 Å². The lowest BCUT2D eigenvalue weighted by molar-refractivity contribution is 0.132. The number of piperazine rings is 1. The lowest BCUT2D eigenvalue weighted by Crippen LogP contribution is -2.45. The maximum absolute atomic E-state index is 5.95. The average Bonchev–Trinajstić information content (AvgIpc) is 3.06. The van der Waals surface area contributed by atoms with Crippen LogP contribution in [0.2, 0.25) is 0 Å². The van der Waals surface area contributed by atoms with E-state index < -0.39 is 0 Å². The first kappa shape index (κ1) is 16.8. The summed E-state index contributed by atoms with van der Waals surface area (Å²) in [6.45, 7) is 8.95. The smallest absolute Gasteiger partial charge is 0.228 e. The standard InChI is InChI=1S/C20H22BrN3O/c1-2-23-9-11-24(12-10-23)14-15-7-8-19-18(13-15)22-20(25-19)16-5-3-4-6-17(16)21/h3-8,13H,2,9-12,14H2,1H3. The molecule has 1 aliphatic rings. The van der Waals surface area contributed by atoms with Crippen molar-refractivity contribution in [3.63, 3.8) is 0 Å². The highest BCUT2D eigenvalue weighted by molar-refractivity contribution is 9.10. The normalized spacial score (nSPS) is 16.6. The van der Waals surface area contributed by atoms with Crippen LogP contribution in [0.3, 0.4) is 0 Å². The molecule has 2 aromatic carbocycles. The van der Waals surface area contributed by atoms with Crippen LogP contribution in [-0.4, -0.2) is 47.5 Å². The first-order valence-electron chi connectivity index (χ1n) is 8.82. The zero-order valence-electron chi connectivity index (χ0n) is 14.4. The van der Waals surface area contributed by atoms with Crippen LogP contribution in [0.1, 0.15) is 12.5 Å². The van der Waals surface area contributed by atoms with Crippen LogP contribution in [0, 0.1) is 0 Å². The zero-order valence-corrected chi connectivity index (χ0v) is 16.0. The second-order valence-corrected chi connectivity index (χ2v) is 7.37. The fourth-order valence-electron chi connectivity index (χ4n) is 3.34. The predicted molar refractivity (Wildman–Crippen MR) is 105 cm³/mol. The van der Waals surface area contributed by atoms with Gasteiger partial charge in [0.1, 0.15) is 5.52 Å². The summed E-state index contributed by atoms with van der Waals surface area (Å²) in [6, 6.07) is 14.4. The monoisotopic (exact) mass is 399 g/mol. The molecule has 1 aromatic heterocycles. The number of benzene rings is 2. The van der Waals surface area contributed by atoms with Crippen molar-refractivity contribution in [3.05, 3.63) is 52.5 Å². The summed E-state index contributed by atoms with van der Waals surface area (Å²) >= 11 is 3.57. The molecule has 4 rings (SSSR count). The summed E-state index contributed by atoms with van der Waals surface area (Å²) in [5.74, 6) is 0.663. The van der Waals surface area contributed by atoms with Gasteiger partial charge in [-0.1, -0.05) is 25.1 Å². The molecule has 4 nitrogen and oxygen atoms in total. The Morgan fingerprint density at radius 1 is 1.04 bits per heavy atom. The van der Waals surface area contributed by atoms with E-state index in [-0.39, 0.29) is 0 Å². The van der Waals surface area contributed by atoms with Crippen molar-refractivity contribution in [1.29, 1.82) is 0 Å². The molecular weight excluding hydrogens is 378 g/mol. The van der Waals surface area contributed by atoms with Gasteiger partial charge >= 0.3 is 0 Å². The van der Waals surface area contributed by atoms with Gasteiger partial charge in [0.25, 0.3) is 0 Å². The number of oxazole rings is 1. The van der Waals surface area contributed by atoms with E-state index in [1.165, 1.54) is 5.56 Å². The molecule has 0 spiro atoms. The number of hydrogen-bond acceptors (Lipinski definition) is 4. The number of nitrogens with zero attached hydrogens (tertiary/aromatic N) is 3. The maximum Gasteiger partial charge on any atom is 0.228 e. The lowest BCUT2D eigenvalue weighted by Gasteiger charge is -2.34. The van der Waals surface area contributed by atoms with Gasteiger partial charge in [-0.2, -0.15) is 0 Å². The maximum atomic E-state index is 5.95. The summed E-state index contributed by atoms with van der Waals surface area (Å²) in [6.07, 6.45) is 0. The van der Waals surface area contributed by atoms with Crippen LogP contribution >= 0.6 is 15.9 Å². The zero-order chi connectivity index (χ0) is 17.2. The molecule has 3 aromatic rings. The number of fused-ring (bicyclic) bond motifs is 1. The topological polar surface area (TPSA) is 32.5 Å². The minimum absolute atomic E-state index is 0.663. The first-order valence-corrected chi connectivity index (χ1v) is 9.61. The molecule has 130 valence electrons. The second kappa shape index (κ2) is 7.28. The molecule has 1 saturated heterocycles. The molecule has 0 amide bonds. The Balaban J connectivity index is 1.54. The Morgan fingerprint density at radius 3 is 2.56 bits per heavy atom. The first-order chi connectivity index (χ1) is 12.2. The fraction of sp³-hybridized carbons (Fsp3) is 0.350. The third-order valence-electron chi connectivity index (χ3n) is 4.87. The summed E-state index contributed by atoms with van der Waals surface area (Å²) in [5.41, 5.74) is 4.04. The molecule has 0 radical (unpaired) electrons. The molecule has 0 N–H and O–H groups in total. The Hall–Kier alpha value is -1.69.